The number of carbonyl (C=O) groups is 1. The fourth-order valence-electron chi connectivity index (χ4n) is 3.33. The molecule has 26 heavy (non-hydrogen) atoms. The molecule has 1 fully saturated rings. The lowest BCUT2D eigenvalue weighted by Crippen LogP contribution is -2.35. The molecule has 1 heterocycles. The standard InChI is InChI=1S/C20H25ClN2O2S/c1-2-11-23(20(24)15-5-3-4-6-15)12-17-14-26-19(22-17)13-25-18-9-7-16(21)8-10-18/h7-10,14-15H,2-6,11-13H2,1H3. The summed E-state index contributed by atoms with van der Waals surface area (Å²) in [5, 5.41) is 3.64. The number of benzene rings is 1. The van der Waals surface area contributed by atoms with Crippen molar-refractivity contribution in [2.75, 3.05) is 6.54 Å². The van der Waals surface area contributed by atoms with Gasteiger partial charge in [-0.2, -0.15) is 0 Å². The summed E-state index contributed by atoms with van der Waals surface area (Å²) < 4.78 is 5.75. The minimum absolute atomic E-state index is 0.216. The first-order valence-corrected chi connectivity index (χ1v) is 10.5. The minimum atomic E-state index is 0.216. The maximum atomic E-state index is 12.8. The average Bonchev–Trinajstić information content (AvgIpc) is 3.32. The summed E-state index contributed by atoms with van der Waals surface area (Å²) >= 11 is 7.46. The highest BCUT2D eigenvalue weighted by atomic mass is 35.5. The highest BCUT2D eigenvalue weighted by molar-refractivity contribution is 7.09. The third-order valence-electron chi connectivity index (χ3n) is 4.64. The number of ether oxygens (including phenoxy) is 1. The predicted octanol–water partition coefficient (Wildman–Crippen LogP) is 5.30. The van der Waals surface area contributed by atoms with Gasteiger partial charge in [-0.3, -0.25) is 4.79 Å². The van der Waals surface area contributed by atoms with Crippen LogP contribution >= 0.6 is 22.9 Å². The normalized spacial score (nSPS) is 14.5. The van der Waals surface area contributed by atoms with Crippen molar-refractivity contribution >= 4 is 28.8 Å². The highest BCUT2D eigenvalue weighted by Gasteiger charge is 2.27. The zero-order valence-corrected chi connectivity index (χ0v) is 16.7. The molecule has 1 aliphatic carbocycles. The lowest BCUT2D eigenvalue weighted by molar-refractivity contribution is -0.136. The van der Waals surface area contributed by atoms with Crippen LogP contribution < -0.4 is 4.74 Å². The van der Waals surface area contributed by atoms with E-state index >= 15 is 0 Å². The summed E-state index contributed by atoms with van der Waals surface area (Å²) in [7, 11) is 0. The van der Waals surface area contributed by atoms with E-state index in [1.165, 1.54) is 12.8 Å². The van der Waals surface area contributed by atoms with Gasteiger partial charge < -0.3 is 9.64 Å². The van der Waals surface area contributed by atoms with Crippen molar-refractivity contribution in [3.8, 4) is 5.75 Å². The Kier molecular flexibility index (Phi) is 6.92. The summed E-state index contributed by atoms with van der Waals surface area (Å²) in [6.45, 7) is 3.93. The van der Waals surface area contributed by atoms with E-state index in [0.717, 1.165) is 42.3 Å². The summed E-state index contributed by atoms with van der Waals surface area (Å²) in [6.07, 6.45) is 5.40. The molecule has 2 aromatic rings. The van der Waals surface area contributed by atoms with E-state index in [1.54, 1.807) is 23.5 Å². The van der Waals surface area contributed by atoms with Crippen molar-refractivity contribution in [1.29, 1.82) is 0 Å². The van der Waals surface area contributed by atoms with Crippen LogP contribution in [0.15, 0.2) is 29.6 Å². The van der Waals surface area contributed by atoms with Crippen LogP contribution in [-0.2, 0) is 17.9 Å². The predicted molar refractivity (Wildman–Crippen MR) is 106 cm³/mol. The average molecular weight is 393 g/mol. The first-order chi connectivity index (χ1) is 12.7. The second kappa shape index (κ2) is 9.38. The Morgan fingerprint density at radius 3 is 2.73 bits per heavy atom. The van der Waals surface area contributed by atoms with E-state index in [1.807, 2.05) is 22.4 Å². The monoisotopic (exact) mass is 392 g/mol. The summed E-state index contributed by atoms with van der Waals surface area (Å²) in [5.41, 5.74) is 0.949. The van der Waals surface area contributed by atoms with E-state index in [4.69, 9.17) is 16.3 Å². The maximum Gasteiger partial charge on any atom is 0.226 e. The molecule has 1 saturated carbocycles. The van der Waals surface area contributed by atoms with Gasteiger partial charge in [0.15, 0.2) is 0 Å². The smallest absolute Gasteiger partial charge is 0.226 e. The highest BCUT2D eigenvalue weighted by Crippen LogP contribution is 2.27. The van der Waals surface area contributed by atoms with Gasteiger partial charge in [-0.15, -0.1) is 11.3 Å². The third-order valence-corrected chi connectivity index (χ3v) is 5.76. The molecule has 0 radical (unpaired) electrons. The van der Waals surface area contributed by atoms with Crippen LogP contribution in [0.25, 0.3) is 0 Å². The van der Waals surface area contributed by atoms with Crippen molar-refractivity contribution in [3.05, 3.63) is 45.4 Å². The zero-order chi connectivity index (χ0) is 18.4. The fraction of sp³-hybridized carbons (Fsp3) is 0.500. The van der Waals surface area contributed by atoms with Crippen molar-refractivity contribution in [3.63, 3.8) is 0 Å². The number of hydrogen-bond donors (Lipinski definition) is 0. The molecule has 1 amide bonds. The molecule has 1 aliphatic rings. The van der Waals surface area contributed by atoms with Gasteiger partial charge >= 0.3 is 0 Å². The molecule has 0 bridgehead atoms. The molecule has 4 nitrogen and oxygen atoms in total. The maximum absolute atomic E-state index is 12.8. The van der Waals surface area contributed by atoms with E-state index in [2.05, 4.69) is 11.9 Å². The topological polar surface area (TPSA) is 42.4 Å². The molecule has 3 rings (SSSR count). The van der Waals surface area contributed by atoms with Crippen LogP contribution in [0.1, 0.15) is 49.7 Å². The second-order valence-electron chi connectivity index (χ2n) is 6.72. The van der Waals surface area contributed by atoms with Gasteiger partial charge in [0, 0.05) is 22.9 Å². The fourth-order valence-corrected chi connectivity index (χ4v) is 4.15. The van der Waals surface area contributed by atoms with Gasteiger partial charge in [0.2, 0.25) is 5.91 Å². The largest absolute Gasteiger partial charge is 0.486 e. The van der Waals surface area contributed by atoms with Crippen LogP contribution in [-0.4, -0.2) is 22.3 Å². The molecular weight excluding hydrogens is 368 g/mol. The number of thiazole rings is 1. The lowest BCUT2D eigenvalue weighted by atomic mass is 10.1. The number of halogens is 1. The summed E-state index contributed by atoms with van der Waals surface area (Å²) in [6, 6.07) is 7.31. The van der Waals surface area contributed by atoms with Gasteiger partial charge in [0.05, 0.1) is 12.2 Å². The Morgan fingerprint density at radius 2 is 2.04 bits per heavy atom. The first kappa shape index (κ1) is 19.2. The molecule has 0 unspecified atom stereocenters. The van der Waals surface area contributed by atoms with Crippen LogP contribution in [0.2, 0.25) is 5.02 Å². The molecular formula is C20H25ClN2O2S. The lowest BCUT2D eigenvalue weighted by Gasteiger charge is -2.24. The zero-order valence-electron chi connectivity index (χ0n) is 15.1. The van der Waals surface area contributed by atoms with Crippen molar-refractivity contribution in [2.24, 2.45) is 5.92 Å². The van der Waals surface area contributed by atoms with E-state index in [-0.39, 0.29) is 5.92 Å². The number of rotatable bonds is 8. The Morgan fingerprint density at radius 1 is 1.31 bits per heavy atom. The van der Waals surface area contributed by atoms with Crippen molar-refractivity contribution < 1.29 is 9.53 Å². The number of carbonyl (C=O) groups excluding carboxylic acids is 1. The van der Waals surface area contributed by atoms with Crippen LogP contribution in [0.4, 0.5) is 0 Å². The molecule has 140 valence electrons. The van der Waals surface area contributed by atoms with Crippen LogP contribution in [0.5, 0.6) is 5.75 Å². The SMILES string of the molecule is CCCN(Cc1csc(COc2ccc(Cl)cc2)n1)C(=O)C1CCCC1. The molecule has 0 spiro atoms. The quantitative estimate of drug-likeness (QED) is 0.611. The van der Waals surface area contributed by atoms with Gasteiger partial charge in [-0.1, -0.05) is 31.4 Å². The Hall–Kier alpha value is -1.59. The third kappa shape index (κ3) is 5.21. The Bertz CT molecular complexity index is 711. The van der Waals surface area contributed by atoms with Crippen LogP contribution in [0, 0.1) is 5.92 Å². The Balaban J connectivity index is 1.56. The van der Waals surface area contributed by atoms with Gasteiger partial charge in [0.1, 0.15) is 17.4 Å². The van der Waals surface area contributed by atoms with Crippen molar-refractivity contribution in [1.82, 2.24) is 9.88 Å². The molecule has 0 saturated heterocycles. The van der Waals surface area contributed by atoms with E-state index < -0.39 is 0 Å². The molecule has 1 aromatic carbocycles. The van der Waals surface area contributed by atoms with Gasteiger partial charge in [-0.25, -0.2) is 4.98 Å². The molecule has 0 aliphatic heterocycles. The molecule has 0 atom stereocenters. The molecule has 1 aromatic heterocycles. The summed E-state index contributed by atoms with van der Waals surface area (Å²) in [5.74, 6) is 1.29. The van der Waals surface area contributed by atoms with Gasteiger partial charge in [-0.05, 0) is 43.5 Å². The van der Waals surface area contributed by atoms with Crippen LogP contribution in [0.3, 0.4) is 0 Å². The number of aromatic nitrogens is 1. The minimum Gasteiger partial charge on any atom is -0.486 e. The van der Waals surface area contributed by atoms with Gasteiger partial charge in [0.25, 0.3) is 0 Å². The molecule has 6 heteroatoms. The first-order valence-electron chi connectivity index (χ1n) is 9.26. The Labute approximate surface area is 164 Å². The number of amides is 1. The molecule has 0 N–H and O–H groups in total. The number of nitrogens with zero attached hydrogens (tertiary/aromatic N) is 2. The van der Waals surface area contributed by atoms with Crippen molar-refractivity contribution in [2.45, 2.75) is 52.2 Å². The van der Waals surface area contributed by atoms with E-state index in [9.17, 15) is 4.79 Å². The second-order valence-corrected chi connectivity index (χ2v) is 8.10. The summed E-state index contributed by atoms with van der Waals surface area (Å²) in [4.78, 5) is 19.4. The van der Waals surface area contributed by atoms with E-state index in [0.29, 0.717) is 24.1 Å². The number of hydrogen-bond acceptors (Lipinski definition) is 4.